The summed E-state index contributed by atoms with van der Waals surface area (Å²) in [6, 6.07) is 12.1. The number of anilines is 1. The van der Waals surface area contributed by atoms with Crippen LogP contribution in [0.5, 0.6) is 0 Å². The second-order valence-corrected chi connectivity index (χ2v) is 10.4. The number of nitrogens with one attached hydrogen (secondary N) is 1. The van der Waals surface area contributed by atoms with Crippen molar-refractivity contribution >= 4 is 27.3 Å². The number of sulfonamides is 1. The van der Waals surface area contributed by atoms with Gasteiger partial charge in [0.05, 0.1) is 10.6 Å². The van der Waals surface area contributed by atoms with Gasteiger partial charge in [-0.15, -0.1) is 0 Å². The van der Waals surface area contributed by atoms with E-state index in [1.165, 1.54) is 19.3 Å². The molecule has 1 aliphatic carbocycles. The van der Waals surface area contributed by atoms with Crippen LogP contribution in [0.25, 0.3) is 0 Å². The van der Waals surface area contributed by atoms with Gasteiger partial charge in [0.1, 0.15) is 6.54 Å². The van der Waals surface area contributed by atoms with Crippen molar-refractivity contribution in [3.8, 4) is 0 Å². The lowest BCUT2D eigenvalue weighted by molar-refractivity contribution is -0.119. The van der Waals surface area contributed by atoms with E-state index in [4.69, 9.17) is 0 Å². The van der Waals surface area contributed by atoms with E-state index in [1.807, 2.05) is 26.8 Å². The highest BCUT2D eigenvalue weighted by Gasteiger charge is 2.27. The van der Waals surface area contributed by atoms with Gasteiger partial charge >= 0.3 is 0 Å². The van der Waals surface area contributed by atoms with Crippen LogP contribution in [0.15, 0.2) is 52.5 Å². The maximum absolute atomic E-state index is 13.5. The third-order valence-electron chi connectivity index (χ3n) is 5.94. The van der Waals surface area contributed by atoms with Gasteiger partial charge in [0, 0.05) is 5.71 Å². The average molecular weight is 456 g/mol. The molecular weight excluding hydrogens is 422 g/mol. The summed E-state index contributed by atoms with van der Waals surface area (Å²) >= 11 is 0. The van der Waals surface area contributed by atoms with Crippen LogP contribution in [-0.2, 0) is 14.8 Å². The molecule has 0 radical (unpaired) electrons. The van der Waals surface area contributed by atoms with Crippen molar-refractivity contribution in [2.75, 3.05) is 10.8 Å². The number of nitrogens with zero attached hydrogens (tertiary/aromatic N) is 2. The lowest BCUT2D eigenvalue weighted by Gasteiger charge is -2.24. The highest BCUT2D eigenvalue weighted by Crippen LogP contribution is 2.26. The summed E-state index contributed by atoms with van der Waals surface area (Å²) < 4.78 is 28.1. The summed E-state index contributed by atoms with van der Waals surface area (Å²) in [5.74, 6) is -0.450. The Hall–Kier alpha value is -2.67. The molecule has 0 atom stereocenters. The maximum atomic E-state index is 13.5. The Morgan fingerprint density at radius 1 is 0.906 bits per heavy atom. The Morgan fingerprint density at radius 3 is 2.16 bits per heavy atom. The standard InChI is InChI=1S/C25H33N3O3S/c1-19-11-15-24(16-12-19)32(30,31)28(23-14-13-20(2)21(3)17-23)18-25(29)27-26-22-9-7-5-4-6-8-10-22/h11-17H,4-10,18H2,1-3H3,(H,27,29). The van der Waals surface area contributed by atoms with Crippen LogP contribution in [-0.4, -0.2) is 26.6 Å². The van der Waals surface area contributed by atoms with Gasteiger partial charge in [-0.3, -0.25) is 9.10 Å². The van der Waals surface area contributed by atoms with Crippen LogP contribution in [0.4, 0.5) is 5.69 Å². The van der Waals surface area contributed by atoms with E-state index in [1.54, 1.807) is 36.4 Å². The maximum Gasteiger partial charge on any atom is 0.264 e. The topological polar surface area (TPSA) is 78.8 Å². The van der Waals surface area contributed by atoms with Crippen molar-refractivity contribution in [2.45, 2.75) is 70.6 Å². The molecule has 2 aromatic carbocycles. The van der Waals surface area contributed by atoms with Crippen molar-refractivity contribution in [2.24, 2.45) is 5.10 Å². The van der Waals surface area contributed by atoms with Gasteiger partial charge in [-0.1, -0.05) is 43.0 Å². The third kappa shape index (κ3) is 6.19. The van der Waals surface area contributed by atoms with Gasteiger partial charge in [0.25, 0.3) is 15.9 Å². The molecule has 6 nitrogen and oxygen atoms in total. The largest absolute Gasteiger partial charge is 0.271 e. The van der Waals surface area contributed by atoms with Crippen LogP contribution in [0, 0.1) is 20.8 Å². The normalized spacial score (nSPS) is 14.9. The number of hydrogen-bond acceptors (Lipinski definition) is 4. The summed E-state index contributed by atoms with van der Waals surface area (Å²) in [6.45, 7) is 5.46. The van der Waals surface area contributed by atoms with Crippen LogP contribution in [0.1, 0.15) is 61.6 Å². The molecule has 1 amide bonds. The molecule has 1 fully saturated rings. The summed E-state index contributed by atoms with van der Waals surface area (Å²) in [5, 5.41) is 4.33. The minimum absolute atomic E-state index is 0.153. The molecule has 7 heteroatoms. The SMILES string of the molecule is Cc1ccc(S(=O)(=O)N(CC(=O)NN=C2CCCCCCC2)c2ccc(C)c(C)c2)cc1. The first-order valence-corrected chi connectivity index (χ1v) is 12.7. The van der Waals surface area contributed by atoms with Crippen molar-refractivity contribution < 1.29 is 13.2 Å². The minimum Gasteiger partial charge on any atom is -0.271 e. The first-order valence-electron chi connectivity index (χ1n) is 11.3. The summed E-state index contributed by atoms with van der Waals surface area (Å²) in [6.07, 6.45) is 7.52. The van der Waals surface area contributed by atoms with Crippen molar-refractivity contribution in [1.82, 2.24) is 5.43 Å². The molecule has 0 heterocycles. The second kappa shape index (κ2) is 10.8. The number of carbonyl (C=O) groups is 1. The molecule has 0 bridgehead atoms. The lowest BCUT2D eigenvalue weighted by Crippen LogP contribution is -2.39. The highest BCUT2D eigenvalue weighted by atomic mass is 32.2. The van der Waals surface area contributed by atoms with Gasteiger partial charge in [0.2, 0.25) is 0 Å². The van der Waals surface area contributed by atoms with Crippen LogP contribution < -0.4 is 9.73 Å². The number of hydrogen-bond donors (Lipinski definition) is 1. The summed E-state index contributed by atoms with van der Waals surface area (Å²) in [7, 11) is -3.93. The molecule has 172 valence electrons. The van der Waals surface area contributed by atoms with Crippen molar-refractivity contribution in [1.29, 1.82) is 0 Å². The van der Waals surface area contributed by atoms with Gasteiger partial charge in [-0.2, -0.15) is 5.10 Å². The zero-order valence-electron chi connectivity index (χ0n) is 19.2. The Labute approximate surface area is 191 Å². The van der Waals surface area contributed by atoms with E-state index in [-0.39, 0.29) is 11.4 Å². The first kappa shape index (κ1) is 24.0. The van der Waals surface area contributed by atoms with Gasteiger partial charge in [0.15, 0.2) is 0 Å². The highest BCUT2D eigenvalue weighted by molar-refractivity contribution is 7.92. The Balaban J connectivity index is 1.86. The van der Waals surface area contributed by atoms with E-state index in [0.29, 0.717) is 5.69 Å². The van der Waals surface area contributed by atoms with E-state index in [9.17, 15) is 13.2 Å². The molecular formula is C25H33N3O3S. The van der Waals surface area contributed by atoms with Crippen LogP contribution in [0.3, 0.4) is 0 Å². The molecule has 0 aliphatic heterocycles. The van der Waals surface area contributed by atoms with E-state index in [2.05, 4.69) is 10.5 Å². The third-order valence-corrected chi connectivity index (χ3v) is 7.73. The van der Waals surface area contributed by atoms with Gasteiger partial charge in [-0.25, -0.2) is 13.8 Å². The Morgan fingerprint density at radius 2 is 1.53 bits per heavy atom. The number of carbonyl (C=O) groups excluding carboxylic acids is 1. The first-order chi connectivity index (χ1) is 15.3. The molecule has 0 aromatic heterocycles. The zero-order valence-corrected chi connectivity index (χ0v) is 20.0. The molecule has 0 spiro atoms. The summed E-state index contributed by atoms with van der Waals surface area (Å²) in [4.78, 5) is 12.9. The minimum atomic E-state index is -3.93. The molecule has 1 N–H and O–H groups in total. The van der Waals surface area contributed by atoms with E-state index < -0.39 is 15.9 Å². The quantitative estimate of drug-likeness (QED) is 0.621. The number of amides is 1. The van der Waals surface area contributed by atoms with E-state index >= 15 is 0 Å². The molecule has 3 rings (SSSR count). The zero-order chi connectivity index (χ0) is 23.1. The number of rotatable bonds is 6. The number of hydrazone groups is 1. The van der Waals surface area contributed by atoms with Crippen LogP contribution in [0.2, 0.25) is 0 Å². The van der Waals surface area contributed by atoms with Crippen LogP contribution >= 0.6 is 0 Å². The fraction of sp³-hybridized carbons (Fsp3) is 0.440. The molecule has 1 saturated carbocycles. The molecule has 0 saturated heterocycles. The molecule has 32 heavy (non-hydrogen) atoms. The Kier molecular flexibility index (Phi) is 8.07. The fourth-order valence-electron chi connectivity index (χ4n) is 3.77. The average Bonchev–Trinajstić information content (AvgIpc) is 2.73. The number of benzene rings is 2. The van der Waals surface area contributed by atoms with Crippen molar-refractivity contribution in [3.05, 3.63) is 59.2 Å². The fourth-order valence-corrected chi connectivity index (χ4v) is 5.18. The van der Waals surface area contributed by atoms with E-state index in [0.717, 1.165) is 52.4 Å². The Bertz CT molecular complexity index is 1070. The number of aryl methyl sites for hydroxylation is 3. The lowest BCUT2D eigenvalue weighted by atomic mass is 9.99. The summed E-state index contributed by atoms with van der Waals surface area (Å²) in [5.41, 5.74) is 7.03. The second-order valence-electron chi connectivity index (χ2n) is 8.57. The molecule has 2 aromatic rings. The molecule has 1 aliphatic rings. The molecule has 0 unspecified atom stereocenters. The predicted molar refractivity (Wildman–Crippen MR) is 130 cm³/mol. The predicted octanol–water partition coefficient (Wildman–Crippen LogP) is 5.02. The van der Waals surface area contributed by atoms with Gasteiger partial charge < -0.3 is 0 Å². The van der Waals surface area contributed by atoms with Gasteiger partial charge in [-0.05, 0) is 81.8 Å². The smallest absolute Gasteiger partial charge is 0.264 e. The van der Waals surface area contributed by atoms with Crippen molar-refractivity contribution in [3.63, 3.8) is 0 Å². The monoisotopic (exact) mass is 455 g/mol.